The van der Waals surface area contributed by atoms with Crippen molar-refractivity contribution in [1.82, 2.24) is 0 Å². The fourth-order valence-corrected chi connectivity index (χ4v) is 6.44. The van der Waals surface area contributed by atoms with E-state index in [-0.39, 0.29) is 0 Å². The van der Waals surface area contributed by atoms with Crippen LogP contribution in [0, 0.1) is 28.1 Å². The van der Waals surface area contributed by atoms with E-state index in [2.05, 4.69) is 84.3 Å². The predicted octanol–water partition coefficient (Wildman–Crippen LogP) is 11.4. The Labute approximate surface area is 279 Å². The van der Waals surface area contributed by atoms with Crippen molar-refractivity contribution in [2.75, 3.05) is 23.9 Å². The van der Waals surface area contributed by atoms with Gasteiger partial charge in [-0.25, -0.2) is 0 Å². The first kappa shape index (κ1) is 30.1. The normalized spacial score (nSPS) is 18.3. The van der Waals surface area contributed by atoms with Crippen LogP contribution in [0.25, 0.3) is 0 Å². The summed E-state index contributed by atoms with van der Waals surface area (Å²) >= 11 is 0. The molecule has 0 bridgehead atoms. The molecule has 0 N–H and O–H groups in total. The van der Waals surface area contributed by atoms with Gasteiger partial charge >= 0.3 is 0 Å². The Morgan fingerprint density at radius 1 is 0.543 bits per heavy atom. The fourth-order valence-electron chi connectivity index (χ4n) is 6.44. The van der Waals surface area contributed by atoms with E-state index in [4.69, 9.17) is 13.3 Å². The molecule has 0 heterocycles. The minimum absolute atomic E-state index is 0.375. The van der Waals surface area contributed by atoms with Crippen molar-refractivity contribution in [3.63, 3.8) is 0 Å². The highest BCUT2D eigenvalue weighted by Gasteiger charge is 2.27. The molecule has 236 valence electrons. The Morgan fingerprint density at radius 3 is 1.22 bits per heavy atom. The van der Waals surface area contributed by atoms with Crippen LogP contribution in [0.1, 0.15) is 108 Å². The van der Waals surface area contributed by atoms with E-state index >= 15 is 0 Å². The maximum Gasteiger partial charge on any atom is 0.0991 e. The van der Waals surface area contributed by atoms with Crippen LogP contribution < -0.4 is 9.80 Å². The first-order chi connectivity index (χ1) is 22.9. The summed E-state index contributed by atoms with van der Waals surface area (Å²) in [5, 5.41) is 17.8. The lowest BCUT2D eigenvalue weighted by Crippen LogP contribution is -2.20. The lowest BCUT2D eigenvalue weighted by atomic mass is 9.71. The molecule has 4 aromatic carbocycles. The van der Waals surface area contributed by atoms with E-state index < -0.39 is 11.8 Å². The number of nitrogens with zero attached hydrogens (tertiary/aromatic N) is 4. The molecule has 0 radical (unpaired) electrons. The van der Waals surface area contributed by atoms with Gasteiger partial charge in [-0.2, -0.15) is 10.5 Å². The van der Waals surface area contributed by atoms with E-state index in [1.807, 2.05) is 62.6 Å². The summed E-state index contributed by atoms with van der Waals surface area (Å²) in [5.41, 5.74) is 8.26. The zero-order chi connectivity index (χ0) is 34.4. The summed E-state index contributed by atoms with van der Waals surface area (Å²) in [5.74, 6) is -0.842. The Bertz CT molecular complexity index is 1710. The van der Waals surface area contributed by atoms with Crippen molar-refractivity contribution < 1.29 is 2.74 Å². The molecule has 0 atom stereocenters. The lowest BCUT2D eigenvalue weighted by Gasteiger charge is -2.34. The molecule has 4 nitrogen and oxygen atoms in total. The van der Waals surface area contributed by atoms with Gasteiger partial charge in [-0.15, -0.1) is 0 Å². The molecule has 4 aromatic rings. The van der Waals surface area contributed by atoms with Gasteiger partial charge in [0.1, 0.15) is 0 Å². The van der Waals surface area contributed by atoms with E-state index in [1.54, 1.807) is 0 Å². The average Bonchev–Trinajstić information content (AvgIpc) is 3.13. The van der Waals surface area contributed by atoms with Crippen molar-refractivity contribution in [3.8, 4) is 12.1 Å². The molecule has 0 aliphatic heterocycles. The second-order valence-corrected chi connectivity index (χ2v) is 13.5. The minimum atomic E-state index is -0.443. The van der Waals surface area contributed by atoms with Crippen LogP contribution in [-0.4, -0.2) is 14.1 Å². The van der Waals surface area contributed by atoms with Gasteiger partial charge in [-0.1, -0.05) is 57.4 Å². The minimum Gasteiger partial charge on any atom is -0.345 e. The van der Waals surface area contributed by atoms with E-state index in [0.717, 1.165) is 85.2 Å². The predicted molar refractivity (Wildman–Crippen MR) is 192 cm³/mol. The molecule has 2 fully saturated rings. The summed E-state index contributed by atoms with van der Waals surface area (Å²) in [4.78, 5) is 4.20. The van der Waals surface area contributed by atoms with Gasteiger partial charge in [-0.05, 0) is 140 Å². The highest BCUT2D eigenvalue weighted by Crippen LogP contribution is 2.42. The Morgan fingerprint density at radius 2 is 0.870 bits per heavy atom. The number of nitriles is 2. The molecular weight excluding hydrogens is 560 g/mol. The third-order valence-electron chi connectivity index (χ3n) is 9.76. The SMILES string of the molecule is [2H]C1(c2ccc(N(C)c3ccc(C#N)cc3)cc2)CCC(C)(C)CC1.[2H]C1(c2ccc(N(C)c3ccc(C#N)cc3)cc2)CCCCC1. The summed E-state index contributed by atoms with van der Waals surface area (Å²) in [6.45, 7) is 4.62. The number of hydrogen-bond donors (Lipinski definition) is 0. The Kier molecular flexibility index (Phi) is 9.93. The van der Waals surface area contributed by atoms with Crippen molar-refractivity contribution in [1.29, 1.82) is 10.5 Å². The van der Waals surface area contributed by atoms with Gasteiger partial charge in [0, 0.05) is 39.6 Å². The second-order valence-electron chi connectivity index (χ2n) is 13.5. The number of rotatable bonds is 6. The van der Waals surface area contributed by atoms with Crippen LogP contribution in [0.2, 0.25) is 0 Å². The third kappa shape index (κ3) is 8.38. The molecule has 6 rings (SSSR count). The largest absolute Gasteiger partial charge is 0.345 e. The molecule has 0 unspecified atom stereocenters. The average molecular weight is 611 g/mol. The molecule has 2 saturated carbocycles. The van der Waals surface area contributed by atoms with Crippen LogP contribution >= 0.6 is 0 Å². The van der Waals surface area contributed by atoms with E-state index in [1.165, 1.54) is 6.42 Å². The second kappa shape index (κ2) is 15.2. The number of benzene rings is 4. The first-order valence-electron chi connectivity index (χ1n) is 17.6. The molecular formula is C42H48N4. The smallest absolute Gasteiger partial charge is 0.0991 e. The Balaban J connectivity index is 0.000000188. The van der Waals surface area contributed by atoms with E-state index in [0.29, 0.717) is 16.5 Å². The Hall–Kier alpha value is -4.54. The summed E-state index contributed by atoms with van der Waals surface area (Å²) < 4.78 is 17.6. The van der Waals surface area contributed by atoms with Gasteiger partial charge in [0.15, 0.2) is 0 Å². The van der Waals surface area contributed by atoms with Crippen molar-refractivity contribution in [2.45, 2.75) is 83.4 Å². The summed E-state index contributed by atoms with van der Waals surface area (Å²) in [6.07, 6.45) is 9.63. The highest BCUT2D eigenvalue weighted by molar-refractivity contribution is 5.64. The van der Waals surface area contributed by atoms with Crippen molar-refractivity contribution >= 4 is 22.7 Å². The topological polar surface area (TPSA) is 54.1 Å². The highest BCUT2D eigenvalue weighted by atomic mass is 15.1. The van der Waals surface area contributed by atoms with Gasteiger partial charge in [0.25, 0.3) is 0 Å². The fraction of sp³-hybridized carbons (Fsp3) is 0.381. The van der Waals surface area contributed by atoms with E-state index in [9.17, 15) is 0 Å². The lowest BCUT2D eigenvalue weighted by molar-refractivity contribution is 0.224. The quantitative estimate of drug-likeness (QED) is 0.218. The standard InChI is InChI=1S/C22H26N2.C20H22N2/c1-22(2)14-12-19(13-15-22)18-6-10-21(11-7-18)24(3)20-8-4-17(16-23)5-9-20;1-22(19-11-7-16(15-21)8-12-19)20-13-9-18(10-14-20)17-5-3-2-4-6-17/h4-11,19H,12-15H2,1-3H3;7-14,17H,2-6H2,1H3/i19D;17D. The zero-order valence-electron chi connectivity index (χ0n) is 29.9. The van der Waals surface area contributed by atoms with Gasteiger partial charge in [0.05, 0.1) is 23.3 Å². The van der Waals surface area contributed by atoms with Crippen LogP contribution in [0.3, 0.4) is 0 Å². The molecule has 2 aliphatic rings. The summed E-state index contributed by atoms with van der Waals surface area (Å²) in [7, 11) is 4.05. The van der Waals surface area contributed by atoms with Gasteiger partial charge in [0.2, 0.25) is 0 Å². The maximum atomic E-state index is 8.91. The monoisotopic (exact) mass is 610 g/mol. The summed E-state index contributed by atoms with van der Waals surface area (Å²) in [6, 6.07) is 36.3. The molecule has 2 aliphatic carbocycles. The van der Waals surface area contributed by atoms with Crippen LogP contribution in [0.5, 0.6) is 0 Å². The van der Waals surface area contributed by atoms with Crippen LogP contribution in [-0.2, 0) is 0 Å². The molecule has 46 heavy (non-hydrogen) atoms. The zero-order valence-corrected chi connectivity index (χ0v) is 27.9. The van der Waals surface area contributed by atoms with Gasteiger partial charge < -0.3 is 9.80 Å². The molecule has 0 amide bonds. The van der Waals surface area contributed by atoms with Gasteiger partial charge in [-0.3, -0.25) is 0 Å². The van der Waals surface area contributed by atoms with Crippen LogP contribution in [0.15, 0.2) is 97.1 Å². The van der Waals surface area contributed by atoms with Crippen molar-refractivity contribution in [2.24, 2.45) is 5.41 Å². The number of anilines is 4. The molecule has 4 heteroatoms. The number of hydrogen-bond acceptors (Lipinski definition) is 4. The van der Waals surface area contributed by atoms with Crippen LogP contribution in [0.4, 0.5) is 22.7 Å². The first-order valence-corrected chi connectivity index (χ1v) is 16.6. The molecule has 0 aromatic heterocycles. The maximum absolute atomic E-state index is 8.91. The molecule has 0 saturated heterocycles. The molecule has 0 spiro atoms. The van der Waals surface area contributed by atoms with Crippen molar-refractivity contribution in [3.05, 3.63) is 119 Å². The third-order valence-corrected chi connectivity index (χ3v) is 9.76.